The van der Waals surface area contributed by atoms with Crippen LogP contribution in [0.5, 0.6) is 0 Å². The third-order valence-electron chi connectivity index (χ3n) is 2.74. The Bertz CT molecular complexity index is 305. The third-order valence-corrected chi connectivity index (χ3v) is 2.74. The SMILES string of the molecule is FC(F)Cn1ccnc1NC1CCCC1. The topological polar surface area (TPSA) is 29.9 Å². The molecule has 0 saturated heterocycles. The van der Waals surface area contributed by atoms with Gasteiger partial charge in [0.05, 0.1) is 6.54 Å². The molecular formula is C10H15F2N3. The predicted molar refractivity (Wildman–Crippen MR) is 54.1 cm³/mol. The van der Waals surface area contributed by atoms with Crippen LogP contribution in [0.1, 0.15) is 25.7 Å². The molecule has 1 aromatic heterocycles. The lowest BCUT2D eigenvalue weighted by Crippen LogP contribution is -2.19. The maximum atomic E-state index is 12.2. The highest BCUT2D eigenvalue weighted by atomic mass is 19.3. The highest BCUT2D eigenvalue weighted by Crippen LogP contribution is 2.21. The van der Waals surface area contributed by atoms with Gasteiger partial charge in [0, 0.05) is 18.4 Å². The molecule has 1 heterocycles. The molecule has 1 fully saturated rings. The van der Waals surface area contributed by atoms with E-state index in [0.29, 0.717) is 12.0 Å². The highest BCUT2D eigenvalue weighted by Gasteiger charge is 2.17. The summed E-state index contributed by atoms with van der Waals surface area (Å²) < 4.78 is 25.9. The van der Waals surface area contributed by atoms with Crippen LogP contribution in [-0.2, 0) is 6.54 Å². The van der Waals surface area contributed by atoms with Gasteiger partial charge in [-0.05, 0) is 12.8 Å². The number of aromatic nitrogens is 2. The summed E-state index contributed by atoms with van der Waals surface area (Å²) in [6, 6.07) is 0.406. The molecule has 1 N–H and O–H groups in total. The van der Waals surface area contributed by atoms with E-state index < -0.39 is 6.43 Å². The zero-order chi connectivity index (χ0) is 10.7. The number of imidazole rings is 1. The summed E-state index contributed by atoms with van der Waals surface area (Å²) in [5.74, 6) is 0.571. The summed E-state index contributed by atoms with van der Waals surface area (Å²) >= 11 is 0. The Morgan fingerprint density at radius 1 is 1.47 bits per heavy atom. The molecule has 1 aliphatic rings. The van der Waals surface area contributed by atoms with Crippen molar-refractivity contribution in [3.8, 4) is 0 Å². The van der Waals surface area contributed by atoms with Crippen molar-refractivity contribution in [2.24, 2.45) is 0 Å². The average molecular weight is 215 g/mol. The van der Waals surface area contributed by atoms with Crippen LogP contribution < -0.4 is 5.32 Å². The first-order valence-corrected chi connectivity index (χ1v) is 5.31. The van der Waals surface area contributed by atoms with Gasteiger partial charge in [-0.15, -0.1) is 0 Å². The fourth-order valence-electron chi connectivity index (χ4n) is 2.00. The molecule has 0 spiro atoms. The second kappa shape index (κ2) is 4.59. The first-order valence-electron chi connectivity index (χ1n) is 5.31. The number of nitrogens with zero attached hydrogens (tertiary/aromatic N) is 2. The predicted octanol–water partition coefficient (Wildman–Crippen LogP) is 2.50. The first-order chi connectivity index (χ1) is 7.25. The van der Waals surface area contributed by atoms with Crippen LogP contribution in [0.3, 0.4) is 0 Å². The van der Waals surface area contributed by atoms with E-state index in [1.54, 1.807) is 12.4 Å². The first kappa shape index (κ1) is 10.4. The van der Waals surface area contributed by atoms with Gasteiger partial charge in [0.15, 0.2) is 0 Å². The van der Waals surface area contributed by atoms with Gasteiger partial charge in [-0.25, -0.2) is 13.8 Å². The molecule has 84 valence electrons. The quantitative estimate of drug-likeness (QED) is 0.836. The number of halogens is 2. The van der Waals surface area contributed by atoms with Gasteiger partial charge in [-0.2, -0.15) is 0 Å². The lowest BCUT2D eigenvalue weighted by molar-refractivity contribution is 0.127. The summed E-state index contributed by atoms with van der Waals surface area (Å²) in [4.78, 5) is 4.05. The molecule has 2 rings (SSSR count). The van der Waals surface area contributed by atoms with Gasteiger partial charge in [0.1, 0.15) is 0 Å². The van der Waals surface area contributed by atoms with E-state index in [1.807, 2.05) is 0 Å². The Kier molecular flexibility index (Phi) is 3.18. The zero-order valence-electron chi connectivity index (χ0n) is 8.50. The summed E-state index contributed by atoms with van der Waals surface area (Å²) in [5, 5.41) is 3.21. The molecule has 15 heavy (non-hydrogen) atoms. The summed E-state index contributed by atoms with van der Waals surface area (Å²) in [7, 11) is 0. The van der Waals surface area contributed by atoms with E-state index >= 15 is 0 Å². The van der Waals surface area contributed by atoms with E-state index in [9.17, 15) is 8.78 Å². The zero-order valence-corrected chi connectivity index (χ0v) is 8.50. The average Bonchev–Trinajstić information content (AvgIpc) is 2.78. The van der Waals surface area contributed by atoms with Crippen LogP contribution in [0.2, 0.25) is 0 Å². The van der Waals surface area contributed by atoms with Crippen LogP contribution in [-0.4, -0.2) is 22.0 Å². The van der Waals surface area contributed by atoms with Gasteiger partial charge in [-0.1, -0.05) is 12.8 Å². The largest absolute Gasteiger partial charge is 0.353 e. The maximum absolute atomic E-state index is 12.2. The second-order valence-corrected chi connectivity index (χ2v) is 3.92. The molecular weight excluding hydrogens is 200 g/mol. The van der Waals surface area contributed by atoms with Crippen LogP contribution in [0.4, 0.5) is 14.7 Å². The van der Waals surface area contributed by atoms with Crippen molar-refractivity contribution < 1.29 is 8.78 Å². The molecule has 0 aliphatic heterocycles. The van der Waals surface area contributed by atoms with E-state index in [1.165, 1.54) is 17.4 Å². The molecule has 0 bridgehead atoms. The molecule has 0 unspecified atom stereocenters. The summed E-state index contributed by atoms with van der Waals surface area (Å²) in [6.45, 7) is -0.283. The Hall–Kier alpha value is -1.13. The Labute approximate surface area is 87.5 Å². The number of hydrogen-bond acceptors (Lipinski definition) is 2. The molecule has 1 aromatic rings. The van der Waals surface area contributed by atoms with Gasteiger partial charge < -0.3 is 9.88 Å². The van der Waals surface area contributed by atoms with E-state index in [-0.39, 0.29) is 6.54 Å². The minimum atomic E-state index is -2.33. The molecule has 5 heteroatoms. The van der Waals surface area contributed by atoms with Crippen molar-refractivity contribution in [2.75, 3.05) is 5.32 Å². The number of hydrogen-bond donors (Lipinski definition) is 1. The second-order valence-electron chi connectivity index (χ2n) is 3.92. The normalized spacial score (nSPS) is 17.5. The number of alkyl halides is 2. The third kappa shape index (κ3) is 2.67. The van der Waals surface area contributed by atoms with Crippen molar-refractivity contribution in [1.82, 2.24) is 9.55 Å². The van der Waals surface area contributed by atoms with Gasteiger partial charge in [0.2, 0.25) is 5.95 Å². The molecule has 0 atom stereocenters. The number of rotatable bonds is 4. The van der Waals surface area contributed by atoms with Crippen molar-refractivity contribution in [3.63, 3.8) is 0 Å². The summed E-state index contributed by atoms with van der Waals surface area (Å²) in [6.07, 6.45) is 5.47. The van der Waals surface area contributed by atoms with Crippen molar-refractivity contribution >= 4 is 5.95 Å². The van der Waals surface area contributed by atoms with Crippen molar-refractivity contribution in [3.05, 3.63) is 12.4 Å². The Morgan fingerprint density at radius 2 is 2.20 bits per heavy atom. The van der Waals surface area contributed by atoms with Crippen LogP contribution >= 0.6 is 0 Å². The van der Waals surface area contributed by atoms with Gasteiger partial charge in [0.25, 0.3) is 6.43 Å². The van der Waals surface area contributed by atoms with Crippen molar-refractivity contribution in [1.29, 1.82) is 0 Å². The number of anilines is 1. The van der Waals surface area contributed by atoms with Crippen molar-refractivity contribution in [2.45, 2.75) is 44.7 Å². The molecule has 1 aliphatic carbocycles. The smallest absolute Gasteiger partial charge is 0.256 e. The Morgan fingerprint density at radius 3 is 2.87 bits per heavy atom. The fourth-order valence-corrected chi connectivity index (χ4v) is 2.00. The molecule has 1 saturated carbocycles. The lowest BCUT2D eigenvalue weighted by Gasteiger charge is -2.14. The van der Waals surface area contributed by atoms with Crippen LogP contribution in [0.25, 0.3) is 0 Å². The molecule has 0 radical (unpaired) electrons. The minimum Gasteiger partial charge on any atom is -0.353 e. The van der Waals surface area contributed by atoms with Crippen LogP contribution in [0.15, 0.2) is 12.4 Å². The van der Waals surface area contributed by atoms with E-state index in [0.717, 1.165) is 12.8 Å². The lowest BCUT2D eigenvalue weighted by atomic mass is 10.2. The molecule has 0 amide bonds. The van der Waals surface area contributed by atoms with Crippen LogP contribution in [0, 0.1) is 0 Å². The minimum absolute atomic E-state index is 0.283. The maximum Gasteiger partial charge on any atom is 0.256 e. The summed E-state index contributed by atoms with van der Waals surface area (Å²) in [5.41, 5.74) is 0. The molecule has 0 aromatic carbocycles. The monoisotopic (exact) mass is 215 g/mol. The Balaban J connectivity index is 1.97. The standard InChI is InChI=1S/C10H15F2N3/c11-9(12)7-15-6-5-13-10(15)14-8-3-1-2-4-8/h5-6,8-9H,1-4,7H2,(H,13,14). The molecule has 3 nitrogen and oxygen atoms in total. The fraction of sp³-hybridized carbons (Fsp3) is 0.700. The van der Waals surface area contributed by atoms with E-state index in [4.69, 9.17) is 0 Å². The van der Waals surface area contributed by atoms with Gasteiger partial charge in [-0.3, -0.25) is 0 Å². The van der Waals surface area contributed by atoms with Gasteiger partial charge >= 0.3 is 0 Å². The van der Waals surface area contributed by atoms with E-state index in [2.05, 4.69) is 10.3 Å². The highest BCUT2D eigenvalue weighted by molar-refractivity contribution is 5.27. The number of nitrogens with one attached hydrogen (secondary N) is 1.